The number of carbonyl (C=O) groups excluding carboxylic acids is 1. The molecule has 3 heterocycles. The summed E-state index contributed by atoms with van der Waals surface area (Å²) in [4.78, 5) is 19.3. The lowest BCUT2D eigenvalue weighted by molar-refractivity contribution is 0.181. The first-order chi connectivity index (χ1) is 14.8. The topological polar surface area (TPSA) is 79.1 Å². The fourth-order valence-electron chi connectivity index (χ4n) is 3.10. The second kappa shape index (κ2) is 9.98. The van der Waals surface area contributed by atoms with E-state index in [1.165, 1.54) is 4.88 Å². The van der Waals surface area contributed by atoms with E-state index >= 15 is 0 Å². The van der Waals surface area contributed by atoms with Crippen LogP contribution >= 0.6 is 11.3 Å². The fourth-order valence-corrected chi connectivity index (χ4v) is 3.74. The summed E-state index contributed by atoms with van der Waals surface area (Å²) in [6.45, 7) is 3.01. The maximum Gasteiger partial charge on any atom is 0.414 e. The molecule has 0 radical (unpaired) electrons. The summed E-state index contributed by atoms with van der Waals surface area (Å²) in [6.07, 6.45) is 2.18. The van der Waals surface area contributed by atoms with Crippen LogP contribution in [0.1, 0.15) is 16.2 Å². The Balaban J connectivity index is 1.36. The maximum absolute atomic E-state index is 11.7. The van der Waals surface area contributed by atoms with E-state index in [1.807, 2.05) is 42.5 Å². The minimum atomic E-state index is -0.290. The summed E-state index contributed by atoms with van der Waals surface area (Å²) < 4.78 is 10.4. The molecule has 1 saturated heterocycles. The van der Waals surface area contributed by atoms with E-state index in [0.29, 0.717) is 19.7 Å². The largest absolute Gasteiger partial charge is 0.469 e. The van der Waals surface area contributed by atoms with Gasteiger partial charge < -0.3 is 19.8 Å². The zero-order valence-corrected chi connectivity index (χ0v) is 17.4. The molecular weight excluding hydrogens is 400 g/mol. The number of cyclic esters (lactones) is 1. The van der Waals surface area contributed by atoms with Crippen molar-refractivity contribution >= 4 is 29.1 Å². The molecule has 2 N–H and O–H groups in total. The molecule has 0 bridgehead atoms. The second-order valence-corrected chi connectivity index (χ2v) is 7.82. The van der Waals surface area contributed by atoms with E-state index < -0.39 is 0 Å². The van der Waals surface area contributed by atoms with Gasteiger partial charge in [0.2, 0.25) is 0 Å². The predicted octanol–water partition coefficient (Wildman–Crippen LogP) is 3.78. The number of carbonyl (C=O) groups is 1. The van der Waals surface area contributed by atoms with Crippen LogP contribution in [0.4, 0.5) is 10.5 Å². The Morgan fingerprint density at radius 2 is 2.03 bits per heavy atom. The van der Waals surface area contributed by atoms with Gasteiger partial charge in [-0.2, -0.15) is 0 Å². The molecule has 30 heavy (non-hydrogen) atoms. The quantitative estimate of drug-likeness (QED) is 0.425. The number of benzene rings is 1. The van der Waals surface area contributed by atoms with Crippen molar-refractivity contribution in [2.75, 3.05) is 24.6 Å². The highest BCUT2D eigenvalue weighted by atomic mass is 32.1. The summed E-state index contributed by atoms with van der Waals surface area (Å²) >= 11 is 1.71. The van der Waals surface area contributed by atoms with Gasteiger partial charge in [-0.15, -0.1) is 11.3 Å². The number of thiophene rings is 1. The van der Waals surface area contributed by atoms with Gasteiger partial charge in [-0.1, -0.05) is 18.2 Å². The molecular formula is C22H24N4O3S. The van der Waals surface area contributed by atoms with Gasteiger partial charge in [0.25, 0.3) is 0 Å². The van der Waals surface area contributed by atoms with Gasteiger partial charge in [-0.3, -0.25) is 4.90 Å². The molecule has 7 nitrogen and oxygen atoms in total. The van der Waals surface area contributed by atoms with Crippen LogP contribution < -0.4 is 15.5 Å². The highest BCUT2D eigenvalue weighted by molar-refractivity contribution is 7.09. The molecule has 8 heteroatoms. The molecule has 1 fully saturated rings. The highest BCUT2D eigenvalue weighted by Gasteiger charge is 2.23. The van der Waals surface area contributed by atoms with Gasteiger partial charge in [-0.05, 0) is 41.3 Å². The average molecular weight is 425 g/mol. The van der Waals surface area contributed by atoms with E-state index in [1.54, 1.807) is 22.5 Å². The molecule has 0 atom stereocenters. The number of rotatable bonds is 8. The Morgan fingerprint density at radius 1 is 1.13 bits per heavy atom. The second-order valence-electron chi connectivity index (χ2n) is 6.79. The Kier molecular flexibility index (Phi) is 6.66. The number of anilines is 1. The summed E-state index contributed by atoms with van der Waals surface area (Å²) in [5, 5.41) is 8.82. The standard InChI is InChI=1S/C22H24N4O3S/c27-22-26(11-13-29-22)18-7-5-17(6-8-18)15-24-21(25-16-20-4-2-14-30-20)23-10-9-19-3-1-12-28-19/h1-8,12,14H,9-11,13,15-16H2,(H2,23,24,25). The van der Waals surface area contributed by atoms with Crippen molar-refractivity contribution in [1.29, 1.82) is 0 Å². The van der Waals surface area contributed by atoms with Crippen LogP contribution in [-0.2, 0) is 24.2 Å². The number of guanidine groups is 1. The third kappa shape index (κ3) is 5.42. The molecule has 1 aromatic carbocycles. The van der Waals surface area contributed by atoms with Crippen LogP contribution in [0.2, 0.25) is 0 Å². The van der Waals surface area contributed by atoms with Crippen LogP contribution in [0.5, 0.6) is 0 Å². The maximum atomic E-state index is 11.7. The number of aliphatic imine (C=N–C) groups is 1. The molecule has 156 valence electrons. The Morgan fingerprint density at radius 3 is 2.73 bits per heavy atom. The third-order valence-electron chi connectivity index (χ3n) is 4.68. The number of amides is 1. The zero-order chi connectivity index (χ0) is 20.6. The summed E-state index contributed by atoms with van der Waals surface area (Å²) in [5.74, 6) is 1.69. The van der Waals surface area contributed by atoms with Crippen LogP contribution in [-0.4, -0.2) is 31.7 Å². The van der Waals surface area contributed by atoms with E-state index in [9.17, 15) is 4.79 Å². The minimum absolute atomic E-state index is 0.290. The summed E-state index contributed by atoms with van der Waals surface area (Å²) in [7, 11) is 0. The average Bonchev–Trinajstić information content (AvgIpc) is 3.53. The predicted molar refractivity (Wildman–Crippen MR) is 118 cm³/mol. The van der Waals surface area contributed by atoms with Gasteiger partial charge in [0.05, 0.1) is 25.9 Å². The van der Waals surface area contributed by atoms with Crippen molar-refractivity contribution in [2.45, 2.75) is 19.5 Å². The van der Waals surface area contributed by atoms with E-state index in [4.69, 9.17) is 14.1 Å². The van der Waals surface area contributed by atoms with Crippen molar-refractivity contribution in [2.24, 2.45) is 4.99 Å². The van der Waals surface area contributed by atoms with Crippen LogP contribution in [0, 0.1) is 0 Å². The monoisotopic (exact) mass is 424 g/mol. The molecule has 0 saturated carbocycles. The highest BCUT2D eigenvalue weighted by Crippen LogP contribution is 2.19. The first kappa shape index (κ1) is 20.0. The number of furan rings is 1. The molecule has 1 amide bonds. The normalized spacial score (nSPS) is 14.1. The molecule has 3 aromatic rings. The van der Waals surface area contributed by atoms with Gasteiger partial charge >= 0.3 is 6.09 Å². The lowest BCUT2D eigenvalue weighted by Gasteiger charge is -2.13. The zero-order valence-electron chi connectivity index (χ0n) is 16.5. The molecule has 4 rings (SSSR count). The summed E-state index contributed by atoms with van der Waals surface area (Å²) in [5.41, 5.74) is 1.91. The molecule has 0 spiro atoms. The molecule has 2 aromatic heterocycles. The SMILES string of the molecule is O=C1OCCN1c1ccc(CN=C(NCCc2ccco2)NCc2cccs2)cc1. The lowest BCUT2D eigenvalue weighted by atomic mass is 10.2. The van der Waals surface area contributed by atoms with Gasteiger partial charge in [0.15, 0.2) is 5.96 Å². The van der Waals surface area contributed by atoms with Crippen LogP contribution in [0.3, 0.4) is 0 Å². The van der Waals surface area contributed by atoms with Crippen molar-refractivity contribution in [1.82, 2.24) is 10.6 Å². The van der Waals surface area contributed by atoms with E-state index in [-0.39, 0.29) is 6.09 Å². The van der Waals surface area contributed by atoms with Gasteiger partial charge in [0, 0.05) is 23.5 Å². The van der Waals surface area contributed by atoms with Gasteiger partial charge in [-0.25, -0.2) is 9.79 Å². The third-order valence-corrected chi connectivity index (χ3v) is 5.56. The first-order valence-corrected chi connectivity index (χ1v) is 10.8. The van der Waals surface area contributed by atoms with Crippen molar-refractivity contribution in [3.8, 4) is 0 Å². The van der Waals surface area contributed by atoms with E-state index in [2.05, 4.69) is 22.1 Å². The summed E-state index contributed by atoms with van der Waals surface area (Å²) in [6, 6.07) is 15.8. The molecule has 0 aliphatic carbocycles. The number of nitrogens with one attached hydrogen (secondary N) is 2. The number of hydrogen-bond donors (Lipinski definition) is 2. The van der Waals surface area contributed by atoms with Crippen molar-refractivity contribution in [3.05, 3.63) is 76.4 Å². The van der Waals surface area contributed by atoms with Crippen molar-refractivity contribution < 1.29 is 13.9 Å². The lowest BCUT2D eigenvalue weighted by Crippen LogP contribution is -2.38. The Labute approximate surface area is 179 Å². The van der Waals surface area contributed by atoms with E-state index in [0.717, 1.165) is 42.5 Å². The number of ether oxygens (including phenoxy) is 1. The fraction of sp³-hybridized carbons (Fsp3) is 0.273. The molecule has 1 aliphatic rings. The van der Waals surface area contributed by atoms with Gasteiger partial charge in [0.1, 0.15) is 12.4 Å². The first-order valence-electron chi connectivity index (χ1n) is 9.88. The Bertz CT molecular complexity index is 953. The number of nitrogens with zero attached hydrogens (tertiary/aromatic N) is 2. The smallest absolute Gasteiger partial charge is 0.414 e. The minimum Gasteiger partial charge on any atom is -0.469 e. The number of hydrogen-bond acceptors (Lipinski definition) is 5. The Hall–Kier alpha value is -3.26. The van der Waals surface area contributed by atoms with Crippen LogP contribution in [0.15, 0.2) is 69.6 Å². The van der Waals surface area contributed by atoms with Crippen LogP contribution in [0.25, 0.3) is 0 Å². The van der Waals surface area contributed by atoms with Crippen molar-refractivity contribution in [3.63, 3.8) is 0 Å². The molecule has 0 unspecified atom stereocenters. The molecule has 1 aliphatic heterocycles.